The quantitative estimate of drug-likeness (QED) is 0.371. The number of hydrogen-bond donors (Lipinski definition) is 1. The Morgan fingerprint density at radius 2 is 1.75 bits per heavy atom. The number of halogens is 1. The average Bonchev–Trinajstić information content (AvgIpc) is 3.04. The van der Waals surface area contributed by atoms with Crippen molar-refractivity contribution in [3.8, 4) is 11.4 Å². The molecule has 0 aliphatic carbocycles. The monoisotopic (exact) mass is 449 g/mol. The zero-order valence-electron chi connectivity index (χ0n) is 17.7. The SMILES string of the molecule is COc1ccc(N2C(=O)/C(=C\c3cc(C)n(-c4cccc(F)c4)c3C)C(=O)NC2=S)cc1. The molecule has 1 aromatic heterocycles. The summed E-state index contributed by atoms with van der Waals surface area (Å²) in [5, 5.41) is 2.59. The Bertz CT molecular complexity index is 1280. The summed E-state index contributed by atoms with van der Waals surface area (Å²) in [4.78, 5) is 27.1. The lowest BCUT2D eigenvalue weighted by molar-refractivity contribution is -0.122. The third-order valence-corrected chi connectivity index (χ3v) is 5.55. The minimum Gasteiger partial charge on any atom is -0.497 e. The maximum Gasteiger partial charge on any atom is 0.270 e. The molecule has 0 radical (unpaired) electrons. The Kier molecular flexibility index (Phi) is 5.63. The third-order valence-electron chi connectivity index (χ3n) is 5.27. The Morgan fingerprint density at radius 1 is 1.03 bits per heavy atom. The number of aromatic nitrogens is 1. The summed E-state index contributed by atoms with van der Waals surface area (Å²) in [6.45, 7) is 3.73. The molecule has 0 unspecified atom stereocenters. The number of aryl methyl sites for hydroxylation is 1. The molecule has 0 saturated carbocycles. The molecular formula is C24H20FN3O3S. The highest BCUT2D eigenvalue weighted by atomic mass is 32.1. The molecule has 2 aromatic carbocycles. The van der Waals surface area contributed by atoms with E-state index in [4.69, 9.17) is 17.0 Å². The van der Waals surface area contributed by atoms with Crippen molar-refractivity contribution >= 4 is 40.9 Å². The number of carbonyl (C=O) groups is 2. The first-order chi connectivity index (χ1) is 15.3. The molecule has 162 valence electrons. The highest BCUT2D eigenvalue weighted by Crippen LogP contribution is 2.27. The van der Waals surface area contributed by atoms with E-state index in [1.54, 1.807) is 43.5 Å². The molecule has 2 heterocycles. The van der Waals surface area contributed by atoms with Crippen LogP contribution in [0, 0.1) is 19.7 Å². The minimum absolute atomic E-state index is 0.00699. The highest BCUT2D eigenvalue weighted by Gasteiger charge is 2.34. The van der Waals surface area contributed by atoms with Gasteiger partial charge in [0.15, 0.2) is 5.11 Å². The summed E-state index contributed by atoms with van der Waals surface area (Å²) in [6.07, 6.45) is 1.54. The van der Waals surface area contributed by atoms with Crippen LogP contribution < -0.4 is 15.0 Å². The number of hydrogen-bond acceptors (Lipinski definition) is 4. The van der Waals surface area contributed by atoms with Crippen LogP contribution in [-0.4, -0.2) is 28.6 Å². The molecule has 1 saturated heterocycles. The van der Waals surface area contributed by atoms with Crippen molar-refractivity contribution in [2.75, 3.05) is 12.0 Å². The fourth-order valence-electron chi connectivity index (χ4n) is 3.73. The highest BCUT2D eigenvalue weighted by molar-refractivity contribution is 7.80. The number of ether oxygens (including phenoxy) is 1. The molecule has 8 heteroatoms. The van der Waals surface area contributed by atoms with Crippen LogP contribution in [0.15, 0.2) is 60.2 Å². The van der Waals surface area contributed by atoms with E-state index in [0.717, 1.165) is 11.4 Å². The van der Waals surface area contributed by atoms with Crippen molar-refractivity contribution in [2.45, 2.75) is 13.8 Å². The Morgan fingerprint density at radius 3 is 2.41 bits per heavy atom. The molecular weight excluding hydrogens is 429 g/mol. The van der Waals surface area contributed by atoms with Crippen molar-refractivity contribution in [2.24, 2.45) is 0 Å². The van der Waals surface area contributed by atoms with Crippen molar-refractivity contribution in [1.29, 1.82) is 0 Å². The summed E-state index contributed by atoms with van der Waals surface area (Å²) >= 11 is 5.24. The lowest BCUT2D eigenvalue weighted by Gasteiger charge is -2.29. The second-order valence-corrected chi connectivity index (χ2v) is 7.68. The van der Waals surface area contributed by atoms with Crippen LogP contribution in [-0.2, 0) is 9.59 Å². The van der Waals surface area contributed by atoms with E-state index in [9.17, 15) is 14.0 Å². The number of anilines is 1. The molecule has 2 amide bonds. The molecule has 0 spiro atoms. The van der Waals surface area contributed by atoms with E-state index in [1.807, 2.05) is 24.5 Å². The fourth-order valence-corrected chi connectivity index (χ4v) is 4.01. The number of nitrogens with one attached hydrogen (secondary N) is 1. The number of carbonyl (C=O) groups excluding carboxylic acids is 2. The molecule has 6 nitrogen and oxygen atoms in total. The first kappa shape index (κ1) is 21.5. The van der Waals surface area contributed by atoms with Crippen molar-refractivity contribution in [3.63, 3.8) is 0 Å². The zero-order chi connectivity index (χ0) is 23.0. The van der Waals surface area contributed by atoms with Gasteiger partial charge in [0.25, 0.3) is 11.8 Å². The largest absolute Gasteiger partial charge is 0.497 e. The number of amides is 2. The number of benzene rings is 2. The average molecular weight is 450 g/mol. The van der Waals surface area contributed by atoms with E-state index in [0.29, 0.717) is 22.7 Å². The minimum atomic E-state index is -0.569. The lowest BCUT2D eigenvalue weighted by atomic mass is 10.1. The van der Waals surface area contributed by atoms with Crippen LogP contribution in [0.3, 0.4) is 0 Å². The zero-order valence-corrected chi connectivity index (χ0v) is 18.5. The van der Waals surface area contributed by atoms with Crippen LogP contribution in [0.2, 0.25) is 0 Å². The Hall–Kier alpha value is -3.78. The first-order valence-corrected chi connectivity index (χ1v) is 10.2. The first-order valence-electron chi connectivity index (χ1n) is 9.80. The number of nitrogens with zero attached hydrogens (tertiary/aromatic N) is 2. The van der Waals surface area contributed by atoms with Crippen LogP contribution in [0.1, 0.15) is 17.0 Å². The van der Waals surface area contributed by atoms with Gasteiger partial charge in [-0.25, -0.2) is 4.39 Å². The number of rotatable bonds is 4. The van der Waals surface area contributed by atoms with Crippen molar-refractivity contribution in [1.82, 2.24) is 9.88 Å². The number of methoxy groups -OCH3 is 1. The number of thiocarbonyl (C=S) groups is 1. The molecule has 3 aromatic rings. The molecule has 1 aliphatic rings. The second kappa shape index (κ2) is 8.39. The van der Waals surface area contributed by atoms with Gasteiger partial charge in [-0.2, -0.15) is 0 Å². The Balaban J connectivity index is 1.74. The second-order valence-electron chi connectivity index (χ2n) is 7.30. The molecule has 0 atom stereocenters. The lowest BCUT2D eigenvalue weighted by Crippen LogP contribution is -2.54. The fraction of sp³-hybridized carbons (Fsp3) is 0.125. The maximum atomic E-state index is 13.7. The summed E-state index contributed by atoms with van der Waals surface area (Å²) in [7, 11) is 1.55. The van der Waals surface area contributed by atoms with E-state index in [2.05, 4.69) is 5.32 Å². The topological polar surface area (TPSA) is 63.6 Å². The third kappa shape index (κ3) is 3.80. The molecule has 1 aliphatic heterocycles. The van der Waals surface area contributed by atoms with Gasteiger partial charge in [-0.15, -0.1) is 0 Å². The van der Waals surface area contributed by atoms with Gasteiger partial charge in [0.2, 0.25) is 0 Å². The predicted molar refractivity (Wildman–Crippen MR) is 124 cm³/mol. The van der Waals surface area contributed by atoms with Gasteiger partial charge < -0.3 is 9.30 Å². The van der Waals surface area contributed by atoms with Crippen LogP contribution in [0.25, 0.3) is 11.8 Å². The van der Waals surface area contributed by atoms with Crippen LogP contribution in [0.5, 0.6) is 5.75 Å². The Labute approximate surface area is 189 Å². The molecule has 32 heavy (non-hydrogen) atoms. The van der Waals surface area contributed by atoms with Gasteiger partial charge in [-0.3, -0.25) is 19.8 Å². The van der Waals surface area contributed by atoms with Crippen LogP contribution in [0.4, 0.5) is 10.1 Å². The van der Waals surface area contributed by atoms with Crippen molar-refractivity contribution in [3.05, 3.63) is 82.9 Å². The van der Waals surface area contributed by atoms with Crippen LogP contribution >= 0.6 is 12.2 Å². The van der Waals surface area contributed by atoms with E-state index in [1.165, 1.54) is 23.1 Å². The maximum absolute atomic E-state index is 13.7. The standard InChI is InChI=1S/C24H20FN3O3S/c1-14-11-16(15(2)27(14)19-6-4-5-17(25)13-19)12-21-22(29)26-24(32)28(23(21)30)18-7-9-20(31-3)10-8-18/h4-13H,1-3H3,(H,26,29,32)/b21-12-. The van der Waals surface area contributed by atoms with E-state index < -0.39 is 11.8 Å². The predicted octanol–water partition coefficient (Wildman–Crippen LogP) is 4.07. The van der Waals surface area contributed by atoms with Gasteiger partial charge in [-0.05, 0) is 86.2 Å². The normalized spacial score (nSPS) is 15.3. The molecule has 4 rings (SSSR count). The van der Waals surface area contributed by atoms with Gasteiger partial charge in [0, 0.05) is 17.1 Å². The van der Waals surface area contributed by atoms with Gasteiger partial charge >= 0.3 is 0 Å². The molecule has 1 fully saturated rings. The van der Waals surface area contributed by atoms with Gasteiger partial charge in [0.05, 0.1) is 12.8 Å². The van der Waals surface area contributed by atoms with Gasteiger partial charge in [0.1, 0.15) is 17.1 Å². The molecule has 1 N–H and O–H groups in total. The summed E-state index contributed by atoms with van der Waals surface area (Å²) in [5.74, 6) is -0.811. The summed E-state index contributed by atoms with van der Waals surface area (Å²) < 4.78 is 20.8. The van der Waals surface area contributed by atoms with Gasteiger partial charge in [-0.1, -0.05) is 6.07 Å². The smallest absolute Gasteiger partial charge is 0.270 e. The van der Waals surface area contributed by atoms with E-state index in [-0.39, 0.29) is 16.5 Å². The van der Waals surface area contributed by atoms with E-state index >= 15 is 0 Å². The summed E-state index contributed by atoms with van der Waals surface area (Å²) in [5.41, 5.74) is 3.40. The summed E-state index contributed by atoms with van der Waals surface area (Å²) in [6, 6.07) is 14.9. The van der Waals surface area contributed by atoms with Crippen molar-refractivity contribution < 1.29 is 18.7 Å². The molecule has 0 bridgehead atoms.